The number of aryl methyl sites for hydroxylation is 1. The van der Waals surface area contributed by atoms with E-state index in [4.69, 9.17) is 0 Å². The summed E-state index contributed by atoms with van der Waals surface area (Å²) in [5.41, 5.74) is 1.97. The minimum Gasteiger partial charge on any atom is -0.303 e. The molecule has 3 nitrogen and oxygen atoms in total. The molecule has 2 aromatic rings. The Morgan fingerprint density at radius 3 is 2.87 bits per heavy atom. The van der Waals surface area contributed by atoms with Gasteiger partial charge in [0, 0.05) is 6.20 Å². The number of hydrogen-bond donors (Lipinski definition) is 0. The van der Waals surface area contributed by atoms with E-state index in [1.165, 1.54) is 6.92 Å². The van der Waals surface area contributed by atoms with Gasteiger partial charge >= 0.3 is 0 Å². The van der Waals surface area contributed by atoms with E-state index in [2.05, 4.69) is 4.98 Å². The van der Waals surface area contributed by atoms with Gasteiger partial charge in [-0.3, -0.25) is 4.79 Å². The Bertz CT molecular complexity index is 538. The highest BCUT2D eigenvalue weighted by atomic mass is 16.1. The van der Waals surface area contributed by atoms with Gasteiger partial charge in [0.05, 0.1) is 11.0 Å². The summed E-state index contributed by atoms with van der Waals surface area (Å²) in [5.74, 6) is 0.917. The molecule has 76 valence electrons. The van der Waals surface area contributed by atoms with E-state index in [9.17, 15) is 4.79 Å². The highest BCUT2D eigenvalue weighted by Gasteiger charge is 2.03. The zero-order valence-electron chi connectivity index (χ0n) is 8.77. The molecule has 1 aromatic heterocycles. The summed E-state index contributed by atoms with van der Waals surface area (Å²) < 4.78 is 1.91. The van der Waals surface area contributed by atoms with E-state index in [1.807, 2.05) is 35.8 Å². The van der Waals surface area contributed by atoms with Crippen molar-refractivity contribution in [3.63, 3.8) is 0 Å². The molecule has 0 aliphatic heterocycles. The summed E-state index contributed by atoms with van der Waals surface area (Å²) in [5, 5.41) is 0. The van der Waals surface area contributed by atoms with Gasteiger partial charge in [0.1, 0.15) is 5.82 Å². The molecule has 15 heavy (non-hydrogen) atoms. The van der Waals surface area contributed by atoms with Gasteiger partial charge in [-0.1, -0.05) is 12.1 Å². The Morgan fingerprint density at radius 2 is 2.13 bits per heavy atom. The molecule has 0 unspecified atom stereocenters. The summed E-state index contributed by atoms with van der Waals surface area (Å²) in [6.07, 6.45) is 3.30. The molecule has 0 bridgehead atoms. The van der Waals surface area contributed by atoms with Crippen molar-refractivity contribution in [3.05, 3.63) is 36.2 Å². The Kier molecular flexibility index (Phi) is 2.37. The maximum atomic E-state index is 10.9. The maximum Gasteiger partial charge on any atom is 0.154 e. The first-order valence-corrected chi connectivity index (χ1v) is 4.81. The van der Waals surface area contributed by atoms with Gasteiger partial charge in [0.25, 0.3) is 0 Å². The smallest absolute Gasteiger partial charge is 0.154 e. The minimum absolute atomic E-state index is 0.0344. The fourth-order valence-electron chi connectivity index (χ4n) is 1.53. The van der Waals surface area contributed by atoms with Crippen molar-refractivity contribution in [1.82, 2.24) is 9.55 Å². The number of allylic oxidation sites excluding steroid dienone is 1. The number of hydrogen-bond acceptors (Lipinski definition) is 2. The monoisotopic (exact) mass is 200 g/mol. The van der Waals surface area contributed by atoms with Crippen LogP contribution >= 0.6 is 0 Å². The number of para-hydroxylation sites is 2. The largest absolute Gasteiger partial charge is 0.303 e. The summed E-state index contributed by atoms with van der Waals surface area (Å²) in [6.45, 7) is 3.45. The molecule has 0 aliphatic rings. The van der Waals surface area contributed by atoms with Gasteiger partial charge < -0.3 is 4.57 Å². The van der Waals surface area contributed by atoms with Crippen molar-refractivity contribution in [2.45, 2.75) is 13.8 Å². The second-order valence-electron chi connectivity index (χ2n) is 3.44. The molecule has 0 aliphatic carbocycles. The summed E-state index contributed by atoms with van der Waals surface area (Å²) >= 11 is 0. The first-order chi connectivity index (χ1) is 7.18. The number of nitrogens with zero attached hydrogens (tertiary/aromatic N) is 2. The third-order valence-corrected chi connectivity index (χ3v) is 2.23. The number of aromatic nitrogens is 2. The zero-order chi connectivity index (χ0) is 10.8. The van der Waals surface area contributed by atoms with E-state index in [0.717, 1.165) is 16.9 Å². The van der Waals surface area contributed by atoms with Crippen LogP contribution in [0.15, 0.2) is 30.3 Å². The Morgan fingerprint density at radius 1 is 1.40 bits per heavy atom. The molecule has 3 heteroatoms. The molecule has 0 atom stereocenters. The van der Waals surface area contributed by atoms with Crippen LogP contribution in [-0.2, 0) is 4.79 Å². The van der Waals surface area contributed by atoms with Crippen LogP contribution < -0.4 is 0 Å². The number of carbonyl (C=O) groups excluding carboxylic acids is 1. The topological polar surface area (TPSA) is 34.9 Å². The SMILES string of the molecule is CC(=O)/C=C/n1c(C)nc2ccccc21. The lowest BCUT2D eigenvalue weighted by Gasteiger charge is -1.97. The second-order valence-corrected chi connectivity index (χ2v) is 3.44. The van der Waals surface area contributed by atoms with Crippen molar-refractivity contribution in [1.29, 1.82) is 0 Å². The van der Waals surface area contributed by atoms with E-state index in [1.54, 1.807) is 12.3 Å². The van der Waals surface area contributed by atoms with Crippen LogP contribution in [0.25, 0.3) is 17.2 Å². The van der Waals surface area contributed by atoms with Crippen molar-refractivity contribution in [3.8, 4) is 0 Å². The van der Waals surface area contributed by atoms with Crippen LogP contribution in [0.4, 0.5) is 0 Å². The van der Waals surface area contributed by atoms with E-state index in [-0.39, 0.29) is 5.78 Å². The normalized spacial score (nSPS) is 11.3. The zero-order valence-corrected chi connectivity index (χ0v) is 8.77. The quantitative estimate of drug-likeness (QED) is 0.698. The van der Waals surface area contributed by atoms with Crippen LogP contribution in [-0.4, -0.2) is 15.3 Å². The molecule has 0 radical (unpaired) electrons. The van der Waals surface area contributed by atoms with E-state index >= 15 is 0 Å². The fourth-order valence-corrected chi connectivity index (χ4v) is 1.53. The molecular formula is C12H12N2O. The maximum absolute atomic E-state index is 10.9. The highest BCUT2D eigenvalue weighted by Crippen LogP contribution is 2.15. The average molecular weight is 200 g/mol. The lowest BCUT2D eigenvalue weighted by Crippen LogP contribution is -1.91. The summed E-state index contributed by atoms with van der Waals surface area (Å²) in [4.78, 5) is 15.3. The summed E-state index contributed by atoms with van der Waals surface area (Å²) in [7, 11) is 0. The Balaban J connectivity index is 2.59. The number of benzene rings is 1. The summed E-state index contributed by atoms with van der Waals surface area (Å²) in [6, 6.07) is 7.86. The fraction of sp³-hybridized carbons (Fsp3) is 0.167. The van der Waals surface area contributed by atoms with Crippen LogP contribution in [0.2, 0.25) is 0 Å². The van der Waals surface area contributed by atoms with E-state index < -0.39 is 0 Å². The molecular weight excluding hydrogens is 188 g/mol. The number of rotatable bonds is 2. The number of imidazole rings is 1. The molecule has 0 saturated heterocycles. The predicted molar refractivity (Wildman–Crippen MR) is 60.5 cm³/mol. The van der Waals surface area contributed by atoms with Crippen molar-refractivity contribution >= 4 is 23.0 Å². The lowest BCUT2D eigenvalue weighted by molar-refractivity contribution is -0.112. The van der Waals surface area contributed by atoms with Gasteiger partial charge in [-0.15, -0.1) is 0 Å². The number of carbonyl (C=O) groups is 1. The van der Waals surface area contributed by atoms with Crippen LogP contribution in [0.3, 0.4) is 0 Å². The van der Waals surface area contributed by atoms with Gasteiger partial charge in [-0.05, 0) is 32.1 Å². The van der Waals surface area contributed by atoms with Gasteiger partial charge in [0.2, 0.25) is 0 Å². The third kappa shape index (κ3) is 1.81. The molecule has 1 aromatic carbocycles. The van der Waals surface area contributed by atoms with Crippen LogP contribution in [0, 0.1) is 6.92 Å². The van der Waals surface area contributed by atoms with Crippen molar-refractivity contribution in [2.24, 2.45) is 0 Å². The van der Waals surface area contributed by atoms with Gasteiger partial charge in [0.15, 0.2) is 5.78 Å². The van der Waals surface area contributed by atoms with E-state index in [0.29, 0.717) is 0 Å². The van der Waals surface area contributed by atoms with Crippen LogP contribution in [0.5, 0.6) is 0 Å². The molecule has 2 rings (SSSR count). The first kappa shape index (κ1) is 9.65. The highest BCUT2D eigenvalue weighted by molar-refractivity contribution is 5.91. The molecule has 0 N–H and O–H groups in total. The molecule has 0 fully saturated rings. The third-order valence-electron chi connectivity index (χ3n) is 2.23. The average Bonchev–Trinajstić information content (AvgIpc) is 2.50. The van der Waals surface area contributed by atoms with Gasteiger partial charge in [-0.25, -0.2) is 4.98 Å². The number of ketones is 1. The first-order valence-electron chi connectivity index (χ1n) is 4.81. The number of fused-ring (bicyclic) bond motifs is 1. The molecule has 0 amide bonds. The predicted octanol–water partition coefficient (Wildman–Crippen LogP) is 2.40. The Labute approximate surface area is 88.0 Å². The molecule has 0 saturated carbocycles. The van der Waals surface area contributed by atoms with Crippen molar-refractivity contribution < 1.29 is 4.79 Å². The lowest BCUT2D eigenvalue weighted by atomic mass is 10.3. The van der Waals surface area contributed by atoms with Gasteiger partial charge in [-0.2, -0.15) is 0 Å². The molecule has 0 spiro atoms. The molecule has 1 heterocycles. The minimum atomic E-state index is 0.0344. The van der Waals surface area contributed by atoms with Crippen LogP contribution in [0.1, 0.15) is 12.7 Å². The Hall–Kier alpha value is -1.90. The second kappa shape index (κ2) is 3.69. The standard InChI is InChI=1S/C12H12N2O/c1-9(15)7-8-14-10(2)13-11-5-3-4-6-12(11)14/h3-8H,1-2H3/b8-7+. The van der Waals surface area contributed by atoms with Crippen molar-refractivity contribution in [2.75, 3.05) is 0 Å².